The Kier molecular flexibility index (Phi) is 5.59. The van der Waals surface area contributed by atoms with Crippen LogP contribution in [0.3, 0.4) is 0 Å². The molecule has 2 atom stereocenters. The quantitative estimate of drug-likeness (QED) is 0.836. The third-order valence-corrected chi connectivity index (χ3v) is 4.73. The summed E-state index contributed by atoms with van der Waals surface area (Å²) in [6.45, 7) is 0.483. The summed E-state index contributed by atoms with van der Waals surface area (Å²) < 4.78 is 34.2. The summed E-state index contributed by atoms with van der Waals surface area (Å²) in [6, 6.07) is 1.05. The number of aliphatic hydroxyl groups is 1. The van der Waals surface area contributed by atoms with Crippen molar-refractivity contribution in [3.8, 4) is 5.75 Å². The molecule has 9 heteroatoms. The zero-order valence-electron chi connectivity index (χ0n) is 15.2. The average molecular weight is 380 g/mol. The number of aromatic nitrogens is 2. The first kappa shape index (κ1) is 19.1. The molecular weight excluding hydrogens is 358 g/mol. The Morgan fingerprint density at radius 3 is 2.89 bits per heavy atom. The molecule has 2 aromatic rings. The Balaban J connectivity index is 1.68. The fraction of sp³-hybridized carbons (Fsp3) is 0.444. The number of hydrogen-bond acceptors (Lipinski definition) is 4. The molecule has 2 N–H and O–H groups in total. The van der Waals surface area contributed by atoms with Crippen LogP contribution in [0, 0.1) is 11.6 Å². The van der Waals surface area contributed by atoms with Crippen LogP contribution in [-0.2, 0) is 7.05 Å². The molecule has 0 radical (unpaired) electrons. The number of methoxy groups -OCH3 is 1. The van der Waals surface area contributed by atoms with Crippen molar-refractivity contribution < 1.29 is 23.4 Å². The maximum absolute atomic E-state index is 14.1. The number of amides is 2. The van der Waals surface area contributed by atoms with Gasteiger partial charge in [-0.3, -0.25) is 4.68 Å². The Labute approximate surface area is 155 Å². The third kappa shape index (κ3) is 4.19. The van der Waals surface area contributed by atoms with Crippen LogP contribution < -0.4 is 10.1 Å². The Morgan fingerprint density at radius 2 is 2.22 bits per heavy atom. The predicted octanol–water partition coefficient (Wildman–Crippen LogP) is 2.83. The van der Waals surface area contributed by atoms with Gasteiger partial charge in [-0.25, -0.2) is 13.6 Å². The molecule has 1 fully saturated rings. The van der Waals surface area contributed by atoms with Gasteiger partial charge in [-0.05, 0) is 19.3 Å². The van der Waals surface area contributed by atoms with Crippen LogP contribution in [-0.4, -0.2) is 45.5 Å². The van der Waals surface area contributed by atoms with Crippen LogP contribution in [0.5, 0.6) is 5.75 Å². The lowest BCUT2D eigenvalue weighted by Crippen LogP contribution is -2.39. The first-order chi connectivity index (χ1) is 12.9. The van der Waals surface area contributed by atoms with E-state index in [0.29, 0.717) is 18.5 Å². The van der Waals surface area contributed by atoms with Gasteiger partial charge in [-0.15, -0.1) is 0 Å². The number of urea groups is 1. The number of nitrogens with one attached hydrogen (secondary N) is 1. The van der Waals surface area contributed by atoms with Gasteiger partial charge < -0.3 is 20.1 Å². The van der Waals surface area contributed by atoms with Crippen molar-refractivity contribution in [2.24, 2.45) is 7.05 Å². The number of hydrogen-bond donors (Lipinski definition) is 2. The summed E-state index contributed by atoms with van der Waals surface area (Å²) in [5.41, 5.74) is 0.421. The SMILES string of the molecule is COc1cc(F)c(NC(=O)N2CCCC2CC(O)c2cnn(C)c2)cc1F. The number of benzene rings is 1. The van der Waals surface area contributed by atoms with Gasteiger partial charge in [0.25, 0.3) is 0 Å². The number of carbonyl (C=O) groups is 1. The highest BCUT2D eigenvalue weighted by atomic mass is 19.1. The number of nitrogens with zero attached hydrogens (tertiary/aromatic N) is 3. The molecule has 2 heterocycles. The van der Waals surface area contributed by atoms with Gasteiger partial charge in [-0.1, -0.05) is 0 Å². The van der Waals surface area contributed by atoms with E-state index in [1.807, 2.05) is 0 Å². The Bertz CT molecular complexity index is 827. The van der Waals surface area contributed by atoms with Gasteiger partial charge in [0.1, 0.15) is 0 Å². The van der Waals surface area contributed by atoms with Crippen LogP contribution in [0.1, 0.15) is 30.9 Å². The fourth-order valence-corrected chi connectivity index (χ4v) is 3.32. The minimum atomic E-state index is -0.784. The molecule has 2 amide bonds. The average Bonchev–Trinajstić information content (AvgIpc) is 3.26. The summed E-state index contributed by atoms with van der Waals surface area (Å²) in [6.07, 6.45) is 4.39. The molecule has 0 aliphatic carbocycles. The number of rotatable bonds is 5. The highest BCUT2D eigenvalue weighted by Gasteiger charge is 2.31. The first-order valence-corrected chi connectivity index (χ1v) is 8.66. The van der Waals surface area contributed by atoms with Gasteiger partial charge in [0.15, 0.2) is 17.4 Å². The number of carbonyl (C=O) groups excluding carboxylic acids is 1. The summed E-state index contributed by atoms with van der Waals surface area (Å²) in [5.74, 6) is -1.78. The van der Waals surface area contributed by atoms with Gasteiger partial charge in [0.05, 0.1) is 25.1 Å². The summed E-state index contributed by atoms with van der Waals surface area (Å²) >= 11 is 0. The minimum absolute atomic E-state index is 0.202. The van der Waals surface area contributed by atoms with E-state index in [0.717, 1.165) is 25.0 Å². The third-order valence-electron chi connectivity index (χ3n) is 4.73. The standard InChI is InChI=1S/C18H22F2N4O3/c1-23-10-11(9-21-23)16(25)6-12-4-3-5-24(12)18(26)22-15-7-14(20)17(27-2)8-13(15)19/h7-10,12,16,25H,3-6H2,1-2H3,(H,22,26). The van der Waals surface area contributed by atoms with Crippen molar-refractivity contribution in [1.82, 2.24) is 14.7 Å². The number of aliphatic hydroxyl groups excluding tert-OH is 1. The van der Waals surface area contributed by atoms with Crippen molar-refractivity contribution >= 4 is 11.7 Å². The Hall–Kier alpha value is -2.68. The van der Waals surface area contributed by atoms with Crippen LogP contribution in [0.25, 0.3) is 0 Å². The van der Waals surface area contributed by atoms with Gasteiger partial charge in [0, 0.05) is 43.5 Å². The van der Waals surface area contributed by atoms with E-state index in [4.69, 9.17) is 4.74 Å². The molecule has 0 spiro atoms. The molecule has 7 nitrogen and oxygen atoms in total. The van der Waals surface area contributed by atoms with Gasteiger partial charge >= 0.3 is 6.03 Å². The minimum Gasteiger partial charge on any atom is -0.494 e. The molecule has 1 aromatic heterocycles. The van der Waals surface area contributed by atoms with E-state index in [9.17, 15) is 18.7 Å². The molecule has 146 valence electrons. The van der Waals surface area contributed by atoms with Crippen molar-refractivity contribution in [1.29, 1.82) is 0 Å². The Morgan fingerprint density at radius 1 is 1.44 bits per heavy atom. The van der Waals surface area contributed by atoms with E-state index >= 15 is 0 Å². The van der Waals surface area contributed by atoms with Crippen LogP contribution in [0.15, 0.2) is 24.5 Å². The first-order valence-electron chi connectivity index (χ1n) is 8.66. The van der Waals surface area contributed by atoms with Crippen molar-refractivity contribution in [2.45, 2.75) is 31.4 Å². The van der Waals surface area contributed by atoms with E-state index in [-0.39, 0.29) is 17.5 Å². The summed E-state index contributed by atoms with van der Waals surface area (Å²) in [5, 5.41) is 16.8. The number of ether oxygens (including phenoxy) is 1. The number of anilines is 1. The molecule has 1 aliphatic heterocycles. The summed E-state index contributed by atoms with van der Waals surface area (Å²) in [4.78, 5) is 14.1. The molecule has 1 saturated heterocycles. The number of likely N-dealkylation sites (tertiary alicyclic amines) is 1. The smallest absolute Gasteiger partial charge is 0.322 e. The molecule has 1 aliphatic rings. The number of halogens is 2. The highest BCUT2D eigenvalue weighted by molar-refractivity contribution is 5.90. The normalized spacial score (nSPS) is 17.8. The second-order valence-corrected chi connectivity index (χ2v) is 6.59. The van der Waals surface area contributed by atoms with E-state index in [1.54, 1.807) is 29.0 Å². The maximum Gasteiger partial charge on any atom is 0.322 e. The lowest BCUT2D eigenvalue weighted by molar-refractivity contribution is 0.129. The molecule has 1 aromatic carbocycles. The zero-order valence-corrected chi connectivity index (χ0v) is 15.2. The van der Waals surface area contributed by atoms with Crippen molar-refractivity contribution in [3.05, 3.63) is 41.7 Å². The van der Waals surface area contributed by atoms with Crippen LogP contribution in [0.4, 0.5) is 19.3 Å². The topological polar surface area (TPSA) is 79.6 Å². The van der Waals surface area contributed by atoms with Crippen LogP contribution >= 0.6 is 0 Å². The predicted molar refractivity (Wildman–Crippen MR) is 94.4 cm³/mol. The van der Waals surface area contributed by atoms with Crippen molar-refractivity contribution in [2.75, 3.05) is 19.0 Å². The van der Waals surface area contributed by atoms with Gasteiger partial charge in [-0.2, -0.15) is 5.10 Å². The van der Waals surface area contributed by atoms with Crippen molar-refractivity contribution in [3.63, 3.8) is 0 Å². The van der Waals surface area contributed by atoms with E-state index in [1.165, 1.54) is 7.11 Å². The lowest BCUT2D eigenvalue weighted by Gasteiger charge is -2.26. The van der Waals surface area contributed by atoms with Crippen LogP contribution in [0.2, 0.25) is 0 Å². The maximum atomic E-state index is 14.1. The molecule has 27 heavy (non-hydrogen) atoms. The highest BCUT2D eigenvalue weighted by Crippen LogP contribution is 2.29. The molecular formula is C18H22F2N4O3. The number of aryl methyl sites for hydroxylation is 1. The second-order valence-electron chi connectivity index (χ2n) is 6.59. The van der Waals surface area contributed by atoms with E-state index < -0.39 is 23.8 Å². The molecule has 3 rings (SSSR count). The van der Waals surface area contributed by atoms with Gasteiger partial charge in [0.2, 0.25) is 0 Å². The fourth-order valence-electron chi connectivity index (χ4n) is 3.32. The monoisotopic (exact) mass is 380 g/mol. The largest absolute Gasteiger partial charge is 0.494 e. The lowest BCUT2D eigenvalue weighted by atomic mass is 10.0. The molecule has 0 saturated carbocycles. The zero-order chi connectivity index (χ0) is 19.6. The van der Waals surface area contributed by atoms with E-state index in [2.05, 4.69) is 10.4 Å². The molecule has 0 bridgehead atoms. The molecule has 2 unspecified atom stereocenters. The second kappa shape index (κ2) is 7.91. The summed E-state index contributed by atoms with van der Waals surface area (Å²) in [7, 11) is 2.99.